The van der Waals surface area contributed by atoms with E-state index in [2.05, 4.69) is 15.1 Å². The first-order valence-electron chi connectivity index (χ1n) is 5.64. The lowest BCUT2D eigenvalue weighted by Crippen LogP contribution is -2.24. The molecule has 0 aliphatic carbocycles. The van der Waals surface area contributed by atoms with Crippen LogP contribution in [0.4, 0.5) is 0 Å². The van der Waals surface area contributed by atoms with Crippen molar-refractivity contribution in [3.63, 3.8) is 0 Å². The molecule has 1 N–H and O–H groups in total. The fourth-order valence-electron chi connectivity index (χ4n) is 1.49. The third kappa shape index (κ3) is 2.06. The molecule has 0 saturated carbocycles. The molecule has 2 aromatic rings. The van der Waals surface area contributed by atoms with Gasteiger partial charge in [0, 0.05) is 13.3 Å². The average molecular weight is 249 g/mol. The van der Waals surface area contributed by atoms with Crippen LogP contribution in [0.2, 0.25) is 0 Å². The number of aromatic hydroxyl groups is 1. The second-order valence-corrected chi connectivity index (χ2v) is 4.08. The van der Waals surface area contributed by atoms with Gasteiger partial charge in [0.1, 0.15) is 11.4 Å². The predicted octanol–water partition coefficient (Wildman–Crippen LogP) is 2.11. The number of pyridine rings is 1. The summed E-state index contributed by atoms with van der Waals surface area (Å²) in [5.41, 5.74) is -0.336. The highest BCUT2D eigenvalue weighted by Gasteiger charge is 2.30. The number of ether oxygens (including phenoxy) is 1. The van der Waals surface area contributed by atoms with Gasteiger partial charge in [-0.1, -0.05) is 12.1 Å². The molecule has 6 nitrogen and oxygen atoms in total. The Morgan fingerprint density at radius 3 is 2.89 bits per heavy atom. The normalized spacial score (nSPS) is 14.4. The van der Waals surface area contributed by atoms with Crippen LogP contribution in [0.15, 0.2) is 22.9 Å². The molecule has 0 amide bonds. The fourth-order valence-corrected chi connectivity index (χ4v) is 1.49. The zero-order valence-electron chi connectivity index (χ0n) is 10.5. The van der Waals surface area contributed by atoms with Crippen LogP contribution < -0.4 is 0 Å². The highest BCUT2D eigenvalue weighted by molar-refractivity contribution is 5.55. The van der Waals surface area contributed by atoms with E-state index >= 15 is 0 Å². The van der Waals surface area contributed by atoms with Crippen molar-refractivity contribution >= 4 is 0 Å². The lowest BCUT2D eigenvalue weighted by molar-refractivity contribution is -0.0106. The molecule has 0 saturated heterocycles. The highest BCUT2D eigenvalue weighted by atomic mass is 16.5. The molecule has 1 unspecified atom stereocenters. The van der Waals surface area contributed by atoms with Crippen LogP contribution in [0.1, 0.15) is 26.1 Å². The Morgan fingerprint density at radius 1 is 1.50 bits per heavy atom. The van der Waals surface area contributed by atoms with E-state index in [1.165, 1.54) is 6.07 Å². The van der Waals surface area contributed by atoms with E-state index in [1.807, 2.05) is 13.8 Å². The minimum absolute atomic E-state index is 0.00307. The topological polar surface area (TPSA) is 81.3 Å². The summed E-state index contributed by atoms with van der Waals surface area (Å²) in [5, 5.41) is 13.6. The zero-order chi connectivity index (χ0) is 13.2. The number of hydrogen-bond donors (Lipinski definition) is 1. The van der Waals surface area contributed by atoms with Crippen LogP contribution in [-0.2, 0) is 10.3 Å². The largest absolute Gasteiger partial charge is 0.505 e. The molecule has 0 aromatic carbocycles. The second kappa shape index (κ2) is 4.73. The van der Waals surface area contributed by atoms with Gasteiger partial charge in [0.05, 0.1) is 0 Å². The van der Waals surface area contributed by atoms with Crippen molar-refractivity contribution in [1.82, 2.24) is 15.1 Å². The maximum atomic E-state index is 9.67. The monoisotopic (exact) mass is 249 g/mol. The standard InChI is InChI=1S/C12H15N3O3/c1-4-12(2,17-3)11-14-10(18-15-11)9-8(16)6-5-7-13-9/h5-7,16H,4H2,1-3H3. The lowest BCUT2D eigenvalue weighted by atomic mass is 10.0. The number of nitrogens with zero attached hydrogens (tertiary/aromatic N) is 3. The number of aromatic nitrogens is 3. The summed E-state index contributed by atoms with van der Waals surface area (Å²) in [5.74, 6) is 0.621. The molecule has 2 aromatic heterocycles. The quantitative estimate of drug-likeness (QED) is 0.893. The van der Waals surface area contributed by atoms with Crippen LogP contribution in [0, 0.1) is 0 Å². The molecule has 18 heavy (non-hydrogen) atoms. The molecule has 2 rings (SSSR count). The minimum Gasteiger partial charge on any atom is -0.505 e. The summed E-state index contributed by atoms with van der Waals surface area (Å²) in [6, 6.07) is 3.14. The van der Waals surface area contributed by atoms with Gasteiger partial charge in [-0.15, -0.1) is 0 Å². The van der Waals surface area contributed by atoms with Gasteiger partial charge in [0.2, 0.25) is 5.82 Å². The molecule has 1 atom stereocenters. The first kappa shape index (κ1) is 12.5. The predicted molar refractivity (Wildman–Crippen MR) is 63.8 cm³/mol. The maximum Gasteiger partial charge on any atom is 0.280 e. The summed E-state index contributed by atoms with van der Waals surface area (Å²) in [6.45, 7) is 3.84. The fraction of sp³-hybridized carbons (Fsp3) is 0.417. The van der Waals surface area contributed by atoms with Gasteiger partial charge in [0.15, 0.2) is 5.69 Å². The Bertz CT molecular complexity index is 535. The molecule has 96 valence electrons. The van der Waals surface area contributed by atoms with Crippen molar-refractivity contribution in [3.05, 3.63) is 24.2 Å². The molecule has 0 radical (unpaired) electrons. The Kier molecular flexibility index (Phi) is 3.29. The molecule has 0 bridgehead atoms. The number of hydrogen-bond acceptors (Lipinski definition) is 6. The van der Waals surface area contributed by atoms with Crippen molar-refractivity contribution in [2.75, 3.05) is 7.11 Å². The van der Waals surface area contributed by atoms with Crippen molar-refractivity contribution in [3.8, 4) is 17.3 Å². The van der Waals surface area contributed by atoms with Gasteiger partial charge in [-0.05, 0) is 25.5 Å². The summed E-state index contributed by atoms with van der Waals surface area (Å²) >= 11 is 0. The molecule has 0 spiro atoms. The van der Waals surface area contributed by atoms with Crippen LogP contribution >= 0.6 is 0 Å². The Morgan fingerprint density at radius 2 is 2.28 bits per heavy atom. The van der Waals surface area contributed by atoms with E-state index in [0.717, 1.165) is 0 Å². The maximum absolute atomic E-state index is 9.67. The van der Waals surface area contributed by atoms with E-state index in [-0.39, 0.29) is 17.3 Å². The Balaban J connectivity index is 2.40. The lowest BCUT2D eigenvalue weighted by Gasteiger charge is -2.21. The Labute approximate surface area is 105 Å². The summed E-state index contributed by atoms with van der Waals surface area (Å²) in [6.07, 6.45) is 2.25. The molecule has 0 aliphatic heterocycles. The van der Waals surface area contributed by atoms with Crippen molar-refractivity contribution in [2.24, 2.45) is 0 Å². The van der Waals surface area contributed by atoms with Crippen molar-refractivity contribution < 1.29 is 14.4 Å². The summed E-state index contributed by atoms with van der Waals surface area (Å²) in [7, 11) is 1.60. The second-order valence-electron chi connectivity index (χ2n) is 4.08. The summed E-state index contributed by atoms with van der Waals surface area (Å²) in [4.78, 5) is 8.24. The van der Waals surface area contributed by atoms with E-state index < -0.39 is 5.60 Å². The van der Waals surface area contributed by atoms with Gasteiger partial charge < -0.3 is 14.4 Å². The van der Waals surface area contributed by atoms with Crippen LogP contribution in [0.5, 0.6) is 5.75 Å². The molecule has 6 heteroatoms. The zero-order valence-corrected chi connectivity index (χ0v) is 10.5. The van der Waals surface area contributed by atoms with Crippen LogP contribution in [0.3, 0.4) is 0 Å². The highest BCUT2D eigenvalue weighted by Crippen LogP contribution is 2.29. The SMILES string of the molecule is CCC(C)(OC)c1noc(-c2ncccc2O)n1. The number of rotatable bonds is 4. The first-order valence-corrected chi connectivity index (χ1v) is 5.64. The van der Waals surface area contributed by atoms with Crippen LogP contribution in [-0.4, -0.2) is 27.3 Å². The van der Waals surface area contributed by atoms with Gasteiger partial charge in [-0.25, -0.2) is 4.98 Å². The van der Waals surface area contributed by atoms with Gasteiger partial charge in [-0.3, -0.25) is 0 Å². The first-order chi connectivity index (χ1) is 8.60. The van der Waals surface area contributed by atoms with E-state index in [9.17, 15) is 5.11 Å². The third-order valence-corrected chi connectivity index (χ3v) is 3.01. The van der Waals surface area contributed by atoms with Gasteiger partial charge >= 0.3 is 0 Å². The molecule has 0 aliphatic rings. The average Bonchev–Trinajstić information content (AvgIpc) is 2.88. The molecular formula is C12H15N3O3. The van der Waals surface area contributed by atoms with E-state index in [1.54, 1.807) is 19.4 Å². The van der Waals surface area contributed by atoms with Crippen molar-refractivity contribution in [2.45, 2.75) is 25.9 Å². The minimum atomic E-state index is -0.605. The summed E-state index contributed by atoms with van der Waals surface area (Å²) < 4.78 is 10.5. The smallest absolute Gasteiger partial charge is 0.280 e. The van der Waals surface area contributed by atoms with Gasteiger partial charge in [0.25, 0.3) is 5.89 Å². The molecular weight excluding hydrogens is 234 g/mol. The van der Waals surface area contributed by atoms with Crippen LogP contribution in [0.25, 0.3) is 11.6 Å². The molecule has 2 heterocycles. The van der Waals surface area contributed by atoms with E-state index in [4.69, 9.17) is 9.26 Å². The Hall–Kier alpha value is -1.95. The van der Waals surface area contributed by atoms with Gasteiger partial charge in [-0.2, -0.15) is 4.98 Å². The number of methoxy groups -OCH3 is 1. The third-order valence-electron chi connectivity index (χ3n) is 3.01. The molecule has 0 fully saturated rings. The van der Waals surface area contributed by atoms with Crippen molar-refractivity contribution in [1.29, 1.82) is 0 Å². The van der Waals surface area contributed by atoms with E-state index in [0.29, 0.717) is 12.2 Å².